The van der Waals surface area contributed by atoms with Crippen LogP contribution in [0.5, 0.6) is 11.5 Å². The summed E-state index contributed by atoms with van der Waals surface area (Å²) in [6, 6.07) is 13.2. The third-order valence-corrected chi connectivity index (χ3v) is 2.74. The van der Waals surface area contributed by atoms with E-state index in [0.717, 1.165) is 16.9 Å². The Morgan fingerprint density at radius 2 is 1.84 bits per heavy atom. The molecule has 2 aromatic rings. The number of ether oxygens (including phenoxy) is 1. The molecule has 3 N–H and O–H groups in total. The molecule has 0 heterocycles. The van der Waals surface area contributed by atoms with Crippen LogP contribution in [0.3, 0.4) is 0 Å². The van der Waals surface area contributed by atoms with Crippen LogP contribution in [0.2, 0.25) is 0 Å². The highest BCUT2D eigenvalue weighted by molar-refractivity contribution is 5.99. The Labute approximate surface area is 112 Å². The van der Waals surface area contributed by atoms with Crippen molar-refractivity contribution in [1.82, 2.24) is 0 Å². The molecule has 0 aliphatic rings. The van der Waals surface area contributed by atoms with Crippen molar-refractivity contribution in [2.75, 3.05) is 0 Å². The number of benzene rings is 2. The highest BCUT2D eigenvalue weighted by Gasteiger charge is 2.09. The first-order valence-corrected chi connectivity index (χ1v) is 5.93. The molecular weight excluding hydrogens is 240 g/mol. The fraction of sp³-hybridized carbons (Fsp3) is 0.133. The van der Waals surface area contributed by atoms with Crippen LogP contribution in [0.25, 0.3) is 0 Å². The summed E-state index contributed by atoms with van der Waals surface area (Å²) >= 11 is 0. The number of oxime groups is 1. The molecule has 0 aliphatic heterocycles. The zero-order valence-electron chi connectivity index (χ0n) is 10.9. The van der Waals surface area contributed by atoms with Crippen molar-refractivity contribution in [3.8, 4) is 11.5 Å². The van der Waals surface area contributed by atoms with Crippen LogP contribution in [0, 0.1) is 13.8 Å². The highest BCUT2D eigenvalue weighted by Crippen LogP contribution is 2.26. The molecular formula is C15H16N2O2. The van der Waals surface area contributed by atoms with E-state index in [9.17, 15) is 0 Å². The maximum atomic E-state index is 8.82. The molecule has 0 fully saturated rings. The van der Waals surface area contributed by atoms with E-state index < -0.39 is 0 Å². The van der Waals surface area contributed by atoms with E-state index >= 15 is 0 Å². The van der Waals surface area contributed by atoms with Crippen LogP contribution >= 0.6 is 0 Å². The molecule has 98 valence electrons. The van der Waals surface area contributed by atoms with Crippen molar-refractivity contribution < 1.29 is 9.94 Å². The predicted octanol–water partition coefficient (Wildman–Crippen LogP) is 3.19. The van der Waals surface area contributed by atoms with Crippen molar-refractivity contribution in [1.29, 1.82) is 0 Å². The van der Waals surface area contributed by atoms with Gasteiger partial charge in [-0.1, -0.05) is 28.9 Å². The summed E-state index contributed by atoms with van der Waals surface area (Å²) in [6.45, 7) is 3.93. The van der Waals surface area contributed by atoms with Crippen molar-refractivity contribution in [2.24, 2.45) is 10.9 Å². The first kappa shape index (κ1) is 13.0. The molecule has 0 bridgehead atoms. The zero-order valence-corrected chi connectivity index (χ0v) is 10.9. The van der Waals surface area contributed by atoms with E-state index in [-0.39, 0.29) is 5.84 Å². The third kappa shape index (κ3) is 3.04. The summed E-state index contributed by atoms with van der Waals surface area (Å²) < 4.78 is 5.80. The largest absolute Gasteiger partial charge is 0.457 e. The Morgan fingerprint density at radius 1 is 1.11 bits per heavy atom. The highest BCUT2D eigenvalue weighted by atomic mass is 16.5. The Bertz CT molecular complexity index is 621. The van der Waals surface area contributed by atoms with Crippen LogP contribution < -0.4 is 10.5 Å². The van der Waals surface area contributed by atoms with Crippen molar-refractivity contribution >= 4 is 5.84 Å². The summed E-state index contributed by atoms with van der Waals surface area (Å²) in [5.74, 6) is 1.31. The second-order valence-electron chi connectivity index (χ2n) is 4.40. The van der Waals surface area contributed by atoms with E-state index in [1.54, 1.807) is 0 Å². The monoisotopic (exact) mass is 256 g/mol. The van der Waals surface area contributed by atoms with Gasteiger partial charge in [-0.3, -0.25) is 0 Å². The van der Waals surface area contributed by atoms with Gasteiger partial charge >= 0.3 is 0 Å². The van der Waals surface area contributed by atoms with Gasteiger partial charge in [-0.25, -0.2) is 0 Å². The molecule has 4 heteroatoms. The smallest absolute Gasteiger partial charge is 0.173 e. The van der Waals surface area contributed by atoms with Gasteiger partial charge in [0, 0.05) is 0 Å². The summed E-state index contributed by atoms with van der Waals surface area (Å²) in [5, 5.41) is 11.9. The van der Waals surface area contributed by atoms with Gasteiger partial charge in [-0.2, -0.15) is 0 Å². The molecule has 0 radical (unpaired) electrons. The number of hydrogen-bond acceptors (Lipinski definition) is 3. The van der Waals surface area contributed by atoms with Gasteiger partial charge in [0.2, 0.25) is 0 Å². The van der Waals surface area contributed by atoms with E-state index in [1.807, 2.05) is 56.3 Å². The lowest BCUT2D eigenvalue weighted by atomic mass is 10.1. The van der Waals surface area contributed by atoms with E-state index in [2.05, 4.69) is 5.16 Å². The van der Waals surface area contributed by atoms with Gasteiger partial charge in [0.05, 0.1) is 5.56 Å². The summed E-state index contributed by atoms with van der Waals surface area (Å²) in [6.07, 6.45) is 0. The number of amidine groups is 1. The third-order valence-electron chi connectivity index (χ3n) is 2.74. The molecule has 4 nitrogen and oxygen atoms in total. The lowest BCUT2D eigenvalue weighted by molar-refractivity contribution is 0.318. The fourth-order valence-corrected chi connectivity index (χ4v) is 1.79. The normalized spacial score (nSPS) is 11.4. The summed E-state index contributed by atoms with van der Waals surface area (Å²) in [7, 11) is 0. The maximum absolute atomic E-state index is 8.82. The summed E-state index contributed by atoms with van der Waals surface area (Å²) in [5.41, 5.74) is 8.36. The van der Waals surface area contributed by atoms with Crippen LogP contribution in [-0.2, 0) is 0 Å². The fourth-order valence-electron chi connectivity index (χ4n) is 1.79. The van der Waals surface area contributed by atoms with Gasteiger partial charge in [-0.05, 0) is 43.7 Å². The summed E-state index contributed by atoms with van der Waals surface area (Å²) in [4.78, 5) is 0. The first-order valence-electron chi connectivity index (χ1n) is 5.93. The van der Waals surface area contributed by atoms with E-state index in [0.29, 0.717) is 11.3 Å². The standard InChI is InChI=1S/C15H16N2O2/c1-10-4-3-5-12(8-10)19-14-7-6-11(2)9-13(14)15(16)17-18/h3-9,18H,1-2H3,(H2,16,17). The molecule has 0 aliphatic carbocycles. The van der Waals surface area contributed by atoms with Crippen molar-refractivity contribution in [3.63, 3.8) is 0 Å². The molecule has 2 rings (SSSR count). The number of aryl methyl sites for hydroxylation is 2. The van der Waals surface area contributed by atoms with Crippen molar-refractivity contribution in [2.45, 2.75) is 13.8 Å². The molecule has 0 saturated heterocycles. The van der Waals surface area contributed by atoms with E-state index in [4.69, 9.17) is 15.7 Å². The van der Waals surface area contributed by atoms with Crippen LogP contribution in [0.1, 0.15) is 16.7 Å². The van der Waals surface area contributed by atoms with E-state index in [1.165, 1.54) is 0 Å². The Kier molecular flexibility index (Phi) is 3.71. The zero-order chi connectivity index (χ0) is 13.8. The quantitative estimate of drug-likeness (QED) is 0.383. The number of nitrogens with zero attached hydrogens (tertiary/aromatic N) is 1. The molecule has 19 heavy (non-hydrogen) atoms. The SMILES string of the molecule is Cc1cccc(Oc2ccc(C)cc2/C(N)=N/O)c1. The molecule has 2 aromatic carbocycles. The first-order chi connectivity index (χ1) is 9.10. The van der Waals surface area contributed by atoms with Gasteiger partial charge < -0.3 is 15.7 Å². The molecule has 0 atom stereocenters. The van der Waals surface area contributed by atoms with Gasteiger partial charge in [-0.15, -0.1) is 0 Å². The topological polar surface area (TPSA) is 67.8 Å². The maximum Gasteiger partial charge on any atom is 0.173 e. The van der Waals surface area contributed by atoms with Crippen molar-refractivity contribution in [3.05, 3.63) is 59.2 Å². The number of hydrogen-bond donors (Lipinski definition) is 2. The molecule has 0 aromatic heterocycles. The second kappa shape index (κ2) is 5.44. The van der Waals surface area contributed by atoms with Gasteiger partial charge in [0.15, 0.2) is 5.84 Å². The minimum atomic E-state index is 0.0337. The lowest BCUT2D eigenvalue weighted by Gasteiger charge is -2.11. The van der Waals surface area contributed by atoms with Crippen LogP contribution in [0.4, 0.5) is 0 Å². The van der Waals surface area contributed by atoms with Crippen LogP contribution in [-0.4, -0.2) is 11.0 Å². The second-order valence-corrected chi connectivity index (χ2v) is 4.40. The van der Waals surface area contributed by atoms with Crippen LogP contribution in [0.15, 0.2) is 47.6 Å². The Hall–Kier alpha value is -2.49. The number of nitrogens with two attached hydrogens (primary N) is 1. The Morgan fingerprint density at radius 3 is 2.53 bits per heavy atom. The Balaban J connectivity index is 2.40. The number of rotatable bonds is 3. The van der Waals surface area contributed by atoms with Gasteiger partial charge in [0.25, 0.3) is 0 Å². The predicted molar refractivity (Wildman–Crippen MR) is 74.9 cm³/mol. The molecule has 0 amide bonds. The molecule has 0 unspecified atom stereocenters. The molecule has 0 saturated carbocycles. The lowest BCUT2D eigenvalue weighted by Crippen LogP contribution is -2.14. The van der Waals surface area contributed by atoms with Gasteiger partial charge in [0.1, 0.15) is 11.5 Å². The average molecular weight is 256 g/mol. The average Bonchev–Trinajstić information content (AvgIpc) is 2.40. The molecule has 0 spiro atoms. The minimum absolute atomic E-state index is 0.0337. The minimum Gasteiger partial charge on any atom is -0.457 e.